The van der Waals surface area contributed by atoms with Crippen molar-refractivity contribution in [2.45, 2.75) is 6.42 Å². The van der Waals surface area contributed by atoms with Crippen LogP contribution in [0.15, 0.2) is 30.6 Å². The maximum absolute atomic E-state index is 12.1. The van der Waals surface area contributed by atoms with Crippen LogP contribution in [0.4, 0.5) is 5.69 Å². The normalized spacial score (nSPS) is 18.8. The third-order valence-electron chi connectivity index (χ3n) is 3.55. The number of aryl methyl sites for hydroxylation is 1. The monoisotopic (exact) mass is 334 g/mol. The summed E-state index contributed by atoms with van der Waals surface area (Å²) in [6.07, 6.45) is 2.28. The van der Waals surface area contributed by atoms with Crippen LogP contribution in [-0.4, -0.2) is 32.5 Å². The molecule has 0 bridgehead atoms. The molecular weight excluding hydrogens is 320 g/mol. The highest BCUT2D eigenvalue weighted by Gasteiger charge is 2.29. The fraction of sp³-hybridized carbons (Fsp3) is 0.357. The maximum Gasteiger partial charge on any atom is 0.227 e. The molecule has 5 nitrogen and oxygen atoms in total. The molecule has 2 aromatic rings. The first-order valence-corrected chi connectivity index (χ1v) is 7.62. The molecule has 0 N–H and O–H groups in total. The molecule has 6 heteroatoms. The Morgan fingerprint density at radius 1 is 1.45 bits per heavy atom. The Balaban J connectivity index is 1.92. The van der Waals surface area contributed by atoms with E-state index in [0.29, 0.717) is 12.3 Å². The summed E-state index contributed by atoms with van der Waals surface area (Å²) in [5.74, 6) is 1.38. The maximum atomic E-state index is 12.1. The summed E-state index contributed by atoms with van der Waals surface area (Å²) in [6, 6.07) is 7.90. The number of alkyl halides is 1. The molecule has 0 spiro atoms. The van der Waals surface area contributed by atoms with Gasteiger partial charge < -0.3 is 9.47 Å². The molecule has 1 fully saturated rings. The standard InChI is InChI=1S/C14H15BrN4O/c1-18-9-16-17-14(18)11-3-2-4-12(6-11)19-8-10(7-15)5-13(19)20/h2-4,6,9-10H,5,7-8H2,1H3. The number of carbonyl (C=O) groups excluding carboxylic acids is 1. The lowest BCUT2D eigenvalue weighted by Gasteiger charge is -2.17. The van der Waals surface area contributed by atoms with E-state index in [0.717, 1.165) is 29.0 Å². The Morgan fingerprint density at radius 3 is 2.95 bits per heavy atom. The molecule has 1 aromatic carbocycles. The number of aromatic nitrogens is 3. The van der Waals surface area contributed by atoms with Gasteiger partial charge in [-0.1, -0.05) is 28.1 Å². The van der Waals surface area contributed by atoms with Crippen molar-refractivity contribution in [3.8, 4) is 11.4 Å². The molecule has 1 aliphatic rings. The number of carbonyl (C=O) groups is 1. The molecule has 2 heterocycles. The predicted octanol–water partition coefficient (Wildman–Crippen LogP) is 2.23. The smallest absolute Gasteiger partial charge is 0.227 e. The number of halogens is 1. The van der Waals surface area contributed by atoms with Crippen LogP contribution in [0.5, 0.6) is 0 Å². The van der Waals surface area contributed by atoms with Gasteiger partial charge in [-0.15, -0.1) is 10.2 Å². The summed E-state index contributed by atoms with van der Waals surface area (Å²) in [6.45, 7) is 0.770. The zero-order valence-corrected chi connectivity index (χ0v) is 12.7. The van der Waals surface area contributed by atoms with Gasteiger partial charge in [0.25, 0.3) is 0 Å². The number of rotatable bonds is 3. The number of amides is 1. The number of hydrogen-bond donors (Lipinski definition) is 0. The minimum absolute atomic E-state index is 0.185. The van der Waals surface area contributed by atoms with Crippen molar-refractivity contribution >= 4 is 27.5 Å². The largest absolute Gasteiger partial charge is 0.317 e. The Morgan fingerprint density at radius 2 is 2.30 bits per heavy atom. The van der Waals surface area contributed by atoms with Gasteiger partial charge >= 0.3 is 0 Å². The van der Waals surface area contributed by atoms with Gasteiger partial charge in [0.15, 0.2) is 5.82 Å². The van der Waals surface area contributed by atoms with E-state index in [9.17, 15) is 4.79 Å². The van der Waals surface area contributed by atoms with E-state index in [1.807, 2.05) is 40.8 Å². The van der Waals surface area contributed by atoms with Gasteiger partial charge in [0.2, 0.25) is 5.91 Å². The summed E-state index contributed by atoms with van der Waals surface area (Å²) in [7, 11) is 1.91. The highest BCUT2D eigenvalue weighted by atomic mass is 79.9. The van der Waals surface area contributed by atoms with Crippen LogP contribution in [0.2, 0.25) is 0 Å². The number of hydrogen-bond acceptors (Lipinski definition) is 3. The summed E-state index contributed by atoms with van der Waals surface area (Å²) in [5.41, 5.74) is 1.90. The lowest BCUT2D eigenvalue weighted by Crippen LogP contribution is -2.24. The van der Waals surface area contributed by atoms with Crippen molar-refractivity contribution in [3.05, 3.63) is 30.6 Å². The quantitative estimate of drug-likeness (QED) is 0.809. The Bertz CT molecular complexity index is 640. The van der Waals surface area contributed by atoms with Gasteiger partial charge in [-0.3, -0.25) is 4.79 Å². The van der Waals surface area contributed by atoms with Crippen molar-refractivity contribution < 1.29 is 4.79 Å². The highest BCUT2D eigenvalue weighted by molar-refractivity contribution is 9.09. The van der Waals surface area contributed by atoms with Crippen LogP contribution in [0.25, 0.3) is 11.4 Å². The molecular formula is C14H15BrN4O. The van der Waals surface area contributed by atoms with Crippen molar-refractivity contribution in [2.75, 3.05) is 16.8 Å². The summed E-state index contributed by atoms with van der Waals surface area (Å²) in [5, 5.41) is 8.86. The third-order valence-corrected chi connectivity index (χ3v) is 4.47. The molecule has 0 radical (unpaired) electrons. The molecule has 1 unspecified atom stereocenters. The fourth-order valence-electron chi connectivity index (χ4n) is 2.49. The summed E-state index contributed by atoms with van der Waals surface area (Å²) in [4.78, 5) is 13.9. The van der Waals surface area contributed by atoms with E-state index < -0.39 is 0 Å². The van der Waals surface area contributed by atoms with E-state index in [4.69, 9.17) is 0 Å². The average Bonchev–Trinajstić information content (AvgIpc) is 3.05. The first-order valence-electron chi connectivity index (χ1n) is 6.50. The Labute approximate surface area is 125 Å². The zero-order chi connectivity index (χ0) is 14.1. The minimum Gasteiger partial charge on any atom is -0.317 e. The van der Waals surface area contributed by atoms with Crippen molar-refractivity contribution in [2.24, 2.45) is 13.0 Å². The molecule has 1 aromatic heterocycles. The van der Waals surface area contributed by atoms with Gasteiger partial charge in [-0.2, -0.15) is 0 Å². The van der Waals surface area contributed by atoms with Gasteiger partial charge in [-0.25, -0.2) is 0 Å². The fourth-order valence-corrected chi connectivity index (χ4v) is 2.93. The SMILES string of the molecule is Cn1cnnc1-c1cccc(N2CC(CBr)CC2=O)c1. The molecule has 0 aliphatic carbocycles. The van der Waals surface area contributed by atoms with Gasteiger partial charge in [-0.05, 0) is 18.1 Å². The molecule has 104 valence electrons. The lowest BCUT2D eigenvalue weighted by atomic mass is 10.1. The van der Waals surface area contributed by atoms with Gasteiger partial charge in [0, 0.05) is 36.6 Å². The third kappa shape index (κ3) is 2.35. The van der Waals surface area contributed by atoms with E-state index in [-0.39, 0.29) is 5.91 Å². The van der Waals surface area contributed by atoms with E-state index in [1.165, 1.54) is 0 Å². The first kappa shape index (κ1) is 13.3. The zero-order valence-electron chi connectivity index (χ0n) is 11.2. The summed E-state index contributed by atoms with van der Waals surface area (Å²) >= 11 is 3.46. The Kier molecular flexibility index (Phi) is 3.56. The second-order valence-corrected chi connectivity index (χ2v) is 5.69. The molecule has 0 saturated carbocycles. The van der Waals surface area contributed by atoms with Crippen molar-refractivity contribution in [1.29, 1.82) is 0 Å². The van der Waals surface area contributed by atoms with E-state index in [2.05, 4.69) is 26.1 Å². The van der Waals surface area contributed by atoms with Crippen LogP contribution in [-0.2, 0) is 11.8 Å². The van der Waals surface area contributed by atoms with Crippen molar-refractivity contribution in [1.82, 2.24) is 14.8 Å². The van der Waals surface area contributed by atoms with Crippen LogP contribution in [0.3, 0.4) is 0 Å². The lowest BCUT2D eigenvalue weighted by molar-refractivity contribution is -0.117. The van der Waals surface area contributed by atoms with E-state index in [1.54, 1.807) is 6.33 Å². The molecule has 20 heavy (non-hydrogen) atoms. The second-order valence-electron chi connectivity index (χ2n) is 5.04. The second kappa shape index (κ2) is 5.36. The van der Waals surface area contributed by atoms with E-state index >= 15 is 0 Å². The van der Waals surface area contributed by atoms with Crippen LogP contribution < -0.4 is 4.90 Å². The summed E-state index contributed by atoms with van der Waals surface area (Å²) < 4.78 is 1.87. The molecule has 3 rings (SSSR count). The highest BCUT2D eigenvalue weighted by Crippen LogP contribution is 2.29. The van der Waals surface area contributed by atoms with Crippen LogP contribution >= 0.6 is 15.9 Å². The van der Waals surface area contributed by atoms with Crippen LogP contribution in [0, 0.1) is 5.92 Å². The predicted molar refractivity (Wildman–Crippen MR) is 80.7 cm³/mol. The van der Waals surface area contributed by atoms with Crippen molar-refractivity contribution in [3.63, 3.8) is 0 Å². The Hall–Kier alpha value is -1.69. The van der Waals surface area contributed by atoms with Gasteiger partial charge in [0.1, 0.15) is 6.33 Å². The molecule has 1 amide bonds. The molecule has 1 aliphatic heterocycles. The minimum atomic E-state index is 0.185. The molecule has 1 saturated heterocycles. The number of nitrogens with zero attached hydrogens (tertiary/aromatic N) is 4. The first-order chi connectivity index (χ1) is 9.69. The number of benzene rings is 1. The van der Waals surface area contributed by atoms with Crippen LogP contribution in [0.1, 0.15) is 6.42 Å². The number of anilines is 1. The topological polar surface area (TPSA) is 51.0 Å². The average molecular weight is 335 g/mol. The molecule has 1 atom stereocenters. The van der Waals surface area contributed by atoms with Gasteiger partial charge in [0.05, 0.1) is 0 Å².